The Morgan fingerprint density at radius 2 is 2.22 bits per heavy atom. The van der Waals surface area contributed by atoms with E-state index in [2.05, 4.69) is 4.98 Å². The molecular formula is C12H14N2O3S. The molecule has 2 aromatic rings. The molecule has 96 valence electrons. The molecule has 2 N–H and O–H groups in total. The molecule has 0 atom stereocenters. The SMILES string of the molecule is CCc1c(O)n(CCc2ccsc2)c(=O)[nH]c1=O. The second-order valence-electron chi connectivity index (χ2n) is 3.95. The zero-order valence-electron chi connectivity index (χ0n) is 9.97. The number of thiophene rings is 1. The molecule has 0 aliphatic heterocycles. The van der Waals surface area contributed by atoms with Crippen molar-refractivity contribution >= 4 is 11.3 Å². The highest BCUT2D eigenvalue weighted by molar-refractivity contribution is 7.07. The van der Waals surface area contributed by atoms with Crippen LogP contribution in [0, 0.1) is 0 Å². The van der Waals surface area contributed by atoms with Crippen LogP contribution in [-0.4, -0.2) is 14.7 Å². The number of nitrogens with zero attached hydrogens (tertiary/aromatic N) is 1. The first kappa shape index (κ1) is 12.6. The number of hydrogen-bond donors (Lipinski definition) is 2. The third kappa shape index (κ3) is 2.38. The summed E-state index contributed by atoms with van der Waals surface area (Å²) in [6, 6.07) is 1.97. The molecule has 0 unspecified atom stereocenters. The van der Waals surface area contributed by atoms with Gasteiger partial charge in [-0.15, -0.1) is 0 Å². The monoisotopic (exact) mass is 266 g/mol. The third-order valence-corrected chi connectivity index (χ3v) is 3.56. The summed E-state index contributed by atoms with van der Waals surface area (Å²) in [5.41, 5.74) is 0.284. The van der Waals surface area contributed by atoms with Gasteiger partial charge >= 0.3 is 5.69 Å². The number of aryl methyl sites for hydroxylation is 1. The predicted molar refractivity (Wildman–Crippen MR) is 70.4 cm³/mol. The topological polar surface area (TPSA) is 75.1 Å². The summed E-state index contributed by atoms with van der Waals surface area (Å²) in [5.74, 6) is -0.221. The summed E-state index contributed by atoms with van der Waals surface area (Å²) in [6.07, 6.45) is 1.03. The average molecular weight is 266 g/mol. The van der Waals surface area contributed by atoms with Gasteiger partial charge in [-0.2, -0.15) is 11.3 Å². The lowest BCUT2D eigenvalue weighted by molar-refractivity contribution is 0.393. The van der Waals surface area contributed by atoms with Gasteiger partial charge in [0.15, 0.2) is 0 Å². The normalized spacial score (nSPS) is 10.7. The molecule has 5 nitrogen and oxygen atoms in total. The Bertz CT molecular complexity index is 640. The molecule has 0 spiro atoms. The van der Waals surface area contributed by atoms with Gasteiger partial charge < -0.3 is 5.11 Å². The first-order chi connectivity index (χ1) is 8.63. The Morgan fingerprint density at radius 1 is 1.44 bits per heavy atom. The maximum Gasteiger partial charge on any atom is 0.331 e. The van der Waals surface area contributed by atoms with Crippen molar-refractivity contribution in [1.82, 2.24) is 9.55 Å². The van der Waals surface area contributed by atoms with Crippen molar-refractivity contribution in [2.24, 2.45) is 0 Å². The predicted octanol–water partition coefficient (Wildman–Crippen LogP) is 1.11. The van der Waals surface area contributed by atoms with E-state index >= 15 is 0 Å². The van der Waals surface area contributed by atoms with Gasteiger partial charge in [-0.3, -0.25) is 14.3 Å². The summed E-state index contributed by atoms with van der Waals surface area (Å²) in [6.45, 7) is 2.11. The molecule has 0 amide bonds. The molecule has 0 saturated heterocycles. The zero-order chi connectivity index (χ0) is 13.1. The van der Waals surface area contributed by atoms with Crippen molar-refractivity contribution in [3.05, 3.63) is 48.8 Å². The molecule has 6 heteroatoms. The van der Waals surface area contributed by atoms with Crippen LogP contribution in [0.5, 0.6) is 5.88 Å². The van der Waals surface area contributed by atoms with Crippen molar-refractivity contribution in [2.45, 2.75) is 26.3 Å². The van der Waals surface area contributed by atoms with E-state index in [1.807, 2.05) is 16.8 Å². The summed E-state index contributed by atoms with van der Waals surface area (Å²) in [4.78, 5) is 25.3. The number of aromatic amines is 1. The van der Waals surface area contributed by atoms with E-state index in [4.69, 9.17) is 0 Å². The van der Waals surface area contributed by atoms with E-state index in [1.165, 1.54) is 4.57 Å². The lowest BCUT2D eigenvalue weighted by Gasteiger charge is -2.09. The molecule has 0 radical (unpaired) electrons. The number of nitrogens with one attached hydrogen (secondary N) is 1. The van der Waals surface area contributed by atoms with Gasteiger partial charge in [0.1, 0.15) is 0 Å². The Morgan fingerprint density at radius 3 is 2.83 bits per heavy atom. The summed E-state index contributed by atoms with van der Waals surface area (Å²) in [7, 11) is 0. The van der Waals surface area contributed by atoms with Crippen LogP contribution in [0.3, 0.4) is 0 Å². The summed E-state index contributed by atoms with van der Waals surface area (Å²) >= 11 is 1.59. The number of H-pyrrole nitrogens is 1. The highest BCUT2D eigenvalue weighted by atomic mass is 32.1. The van der Waals surface area contributed by atoms with Crippen LogP contribution >= 0.6 is 11.3 Å². The van der Waals surface area contributed by atoms with Gasteiger partial charge in [0.25, 0.3) is 5.56 Å². The molecule has 2 heterocycles. The molecule has 0 saturated carbocycles. The highest BCUT2D eigenvalue weighted by Gasteiger charge is 2.12. The molecule has 0 aromatic carbocycles. The minimum Gasteiger partial charge on any atom is -0.494 e. The lowest BCUT2D eigenvalue weighted by Crippen LogP contribution is -2.32. The first-order valence-electron chi connectivity index (χ1n) is 5.69. The quantitative estimate of drug-likeness (QED) is 0.870. The second-order valence-corrected chi connectivity index (χ2v) is 4.73. The average Bonchev–Trinajstić information content (AvgIpc) is 2.81. The Balaban J connectivity index is 2.33. The third-order valence-electron chi connectivity index (χ3n) is 2.82. The smallest absolute Gasteiger partial charge is 0.331 e. The van der Waals surface area contributed by atoms with Gasteiger partial charge in [0.2, 0.25) is 5.88 Å². The number of aromatic nitrogens is 2. The van der Waals surface area contributed by atoms with Crippen molar-refractivity contribution in [3.63, 3.8) is 0 Å². The van der Waals surface area contributed by atoms with Crippen LogP contribution < -0.4 is 11.2 Å². The molecule has 0 aliphatic carbocycles. The van der Waals surface area contributed by atoms with Gasteiger partial charge in [-0.25, -0.2) is 4.79 Å². The van der Waals surface area contributed by atoms with Crippen molar-refractivity contribution < 1.29 is 5.11 Å². The standard InChI is InChI=1S/C12H14N2O3S/c1-2-9-10(15)13-12(17)14(11(9)16)5-3-8-4-6-18-7-8/h4,6-7,16H,2-3,5H2,1H3,(H,13,15,17). The Hall–Kier alpha value is -1.82. The Labute approximate surface area is 107 Å². The number of rotatable bonds is 4. The second kappa shape index (κ2) is 5.22. The van der Waals surface area contributed by atoms with Crippen LogP contribution in [0.2, 0.25) is 0 Å². The van der Waals surface area contributed by atoms with Crippen molar-refractivity contribution in [2.75, 3.05) is 0 Å². The number of hydrogen-bond acceptors (Lipinski definition) is 4. The number of aromatic hydroxyl groups is 1. The van der Waals surface area contributed by atoms with Crippen LogP contribution in [-0.2, 0) is 19.4 Å². The Kier molecular flexibility index (Phi) is 3.66. The molecule has 0 aliphatic rings. The summed E-state index contributed by atoms with van der Waals surface area (Å²) < 4.78 is 1.21. The van der Waals surface area contributed by atoms with E-state index in [0.717, 1.165) is 5.56 Å². The fourth-order valence-electron chi connectivity index (χ4n) is 1.80. The first-order valence-corrected chi connectivity index (χ1v) is 6.63. The minimum absolute atomic E-state index is 0.221. The summed E-state index contributed by atoms with van der Waals surface area (Å²) in [5, 5.41) is 13.9. The van der Waals surface area contributed by atoms with Crippen molar-refractivity contribution in [3.8, 4) is 5.88 Å². The molecule has 18 heavy (non-hydrogen) atoms. The van der Waals surface area contributed by atoms with Gasteiger partial charge in [-0.05, 0) is 35.2 Å². The van der Waals surface area contributed by atoms with Crippen LogP contribution in [0.15, 0.2) is 26.4 Å². The molecule has 0 bridgehead atoms. The van der Waals surface area contributed by atoms with Crippen LogP contribution in [0.1, 0.15) is 18.1 Å². The van der Waals surface area contributed by atoms with Gasteiger partial charge in [-0.1, -0.05) is 6.92 Å². The van der Waals surface area contributed by atoms with E-state index in [9.17, 15) is 14.7 Å². The highest BCUT2D eigenvalue weighted by Crippen LogP contribution is 2.12. The van der Waals surface area contributed by atoms with Gasteiger partial charge in [0, 0.05) is 6.54 Å². The fraction of sp³-hybridized carbons (Fsp3) is 0.333. The van der Waals surface area contributed by atoms with Crippen LogP contribution in [0.4, 0.5) is 0 Å². The lowest BCUT2D eigenvalue weighted by atomic mass is 10.2. The minimum atomic E-state index is -0.565. The maximum absolute atomic E-state index is 11.6. The van der Waals surface area contributed by atoms with E-state index in [1.54, 1.807) is 18.3 Å². The molecule has 2 rings (SSSR count). The van der Waals surface area contributed by atoms with E-state index < -0.39 is 11.2 Å². The molecule has 2 aromatic heterocycles. The van der Waals surface area contributed by atoms with Crippen molar-refractivity contribution in [1.29, 1.82) is 0 Å². The van der Waals surface area contributed by atoms with E-state index in [-0.39, 0.29) is 11.4 Å². The zero-order valence-corrected chi connectivity index (χ0v) is 10.8. The molecular weight excluding hydrogens is 252 g/mol. The van der Waals surface area contributed by atoms with Crippen LogP contribution in [0.25, 0.3) is 0 Å². The largest absolute Gasteiger partial charge is 0.494 e. The molecule has 0 fully saturated rings. The maximum atomic E-state index is 11.6. The van der Waals surface area contributed by atoms with Gasteiger partial charge in [0.05, 0.1) is 5.56 Å². The fourth-order valence-corrected chi connectivity index (χ4v) is 2.51. The van der Waals surface area contributed by atoms with E-state index in [0.29, 0.717) is 19.4 Å².